The molecule has 1 fully saturated rings. The van der Waals surface area contributed by atoms with Gasteiger partial charge in [0, 0.05) is 11.6 Å². The molecule has 4 nitrogen and oxygen atoms in total. The number of nitrogens with zero attached hydrogens (tertiary/aromatic N) is 1. The van der Waals surface area contributed by atoms with Crippen LogP contribution in [0.25, 0.3) is 0 Å². The van der Waals surface area contributed by atoms with Crippen LogP contribution in [-0.2, 0) is 9.53 Å². The van der Waals surface area contributed by atoms with E-state index in [-0.39, 0.29) is 18.7 Å². The molecule has 0 spiro atoms. The third-order valence-corrected chi connectivity index (χ3v) is 2.88. The highest BCUT2D eigenvalue weighted by molar-refractivity contribution is 6.30. The van der Waals surface area contributed by atoms with E-state index in [1.807, 2.05) is 6.92 Å². The van der Waals surface area contributed by atoms with Crippen molar-refractivity contribution in [3.8, 4) is 5.75 Å². The number of carbonyl (C=O) groups excluding carboxylic acids is 1. The van der Waals surface area contributed by atoms with Crippen molar-refractivity contribution in [3.63, 3.8) is 0 Å². The van der Waals surface area contributed by atoms with E-state index in [1.54, 1.807) is 29.2 Å². The predicted molar refractivity (Wildman–Crippen MR) is 64.1 cm³/mol. The summed E-state index contributed by atoms with van der Waals surface area (Å²) in [6.45, 7) is 3.10. The molecule has 5 heteroatoms. The summed E-state index contributed by atoms with van der Waals surface area (Å²) in [5, 5.41) is 0.644. The Morgan fingerprint density at radius 2 is 2.24 bits per heavy atom. The molecule has 0 radical (unpaired) electrons. The summed E-state index contributed by atoms with van der Waals surface area (Å²) in [5.41, 5.74) is 0. The van der Waals surface area contributed by atoms with Crippen LogP contribution in [0.3, 0.4) is 0 Å². The van der Waals surface area contributed by atoms with Crippen LogP contribution in [0.1, 0.15) is 6.92 Å². The fourth-order valence-corrected chi connectivity index (χ4v) is 1.81. The minimum absolute atomic E-state index is 0.0231. The summed E-state index contributed by atoms with van der Waals surface area (Å²) < 4.78 is 10.7. The van der Waals surface area contributed by atoms with Crippen LogP contribution in [0.4, 0.5) is 0 Å². The molecule has 0 N–H and O–H groups in total. The molecule has 1 heterocycles. The molecule has 1 aromatic carbocycles. The van der Waals surface area contributed by atoms with E-state index in [2.05, 4.69) is 0 Å². The van der Waals surface area contributed by atoms with E-state index in [1.165, 1.54) is 0 Å². The first-order valence-corrected chi connectivity index (χ1v) is 5.84. The summed E-state index contributed by atoms with van der Waals surface area (Å²) in [6.07, 6.45) is -0.156. The fraction of sp³-hybridized carbons (Fsp3) is 0.417. The first kappa shape index (κ1) is 12.2. The van der Waals surface area contributed by atoms with E-state index < -0.39 is 0 Å². The van der Waals surface area contributed by atoms with E-state index in [0.717, 1.165) is 0 Å². The third-order valence-electron chi connectivity index (χ3n) is 2.63. The lowest BCUT2D eigenvalue weighted by Crippen LogP contribution is -2.37. The number of hydrogen-bond acceptors (Lipinski definition) is 3. The van der Waals surface area contributed by atoms with Gasteiger partial charge in [-0.05, 0) is 31.2 Å². The average Bonchev–Trinajstić information content (AvgIpc) is 2.74. The van der Waals surface area contributed by atoms with Gasteiger partial charge in [-0.15, -0.1) is 0 Å². The number of ether oxygens (including phenoxy) is 2. The Hall–Kier alpha value is -1.26. The molecule has 17 heavy (non-hydrogen) atoms. The van der Waals surface area contributed by atoms with Gasteiger partial charge in [0.15, 0.2) is 6.61 Å². The van der Waals surface area contributed by atoms with Crippen LogP contribution >= 0.6 is 11.6 Å². The highest BCUT2D eigenvalue weighted by Gasteiger charge is 2.25. The predicted octanol–water partition coefficient (Wildman–Crippen LogP) is 1.92. The highest BCUT2D eigenvalue weighted by atomic mass is 35.5. The molecule has 1 aliphatic rings. The maximum Gasteiger partial charge on any atom is 0.262 e. The summed E-state index contributed by atoms with van der Waals surface area (Å²) >= 11 is 5.75. The summed E-state index contributed by atoms with van der Waals surface area (Å²) in [4.78, 5) is 13.5. The Morgan fingerprint density at radius 1 is 1.53 bits per heavy atom. The molecule has 0 aliphatic carbocycles. The summed E-state index contributed by atoms with van der Waals surface area (Å²) in [6, 6.07) is 6.92. The minimum Gasteiger partial charge on any atom is -0.484 e. The van der Waals surface area contributed by atoms with Crippen LogP contribution in [-0.4, -0.2) is 36.8 Å². The maximum atomic E-state index is 11.8. The van der Waals surface area contributed by atoms with Crippen molar-refractivity contribution in [3.05, 3.63) is 29.3 Å². The topological polar surface area (TPSA) is 38.8 Å². The maximum absolute atomic E-state index is 11.8. The van der Waals surface area contributed by atoms with Crippen LogP contribution < -0.4 is 4.74 Å². The molecule has 2 rings (SSSR count). The second-order valence-electron chi connectivity index (χ2n) is 3.80. The van der Waals surface area contributed by atoms with Crippen LogP contribution in [0.5, 0.6) is 5.75 Å². The van der Waals surface area contributed by atoms with Crippen molar-refractivity contribution in [2.75, 3.05) is 19.8 Å². The SMILES string of the molecule is CC1OCCN1C(=O)COc1ccc(Cl)cc1. The zero-order valence-corrected chi connectivity index (χ0v) is 10.3. The van der Waals surface area contributed by atoms with Crippen molar-refractivity contribution >= 4 is 17.5 Å². The van der Waals surface area contributed by atoms with E-state index in [0.29, 0.717) is 23.9 Å². The van der Waals surface area contributed by atoms with E-state index in [9.17, 15) is 4.79 Å². The standard InChI is InChI=1S/C12H14ClNO3/c1-9-14(6-7-16-9)12(15)8-17-11-4-2-10(13)3-5-11/h2-5,9H,6-8H2,1H3. The lowest BCUT2D eigenvalue weighted by Gasteiger charge is -2.19. The van der Waals surface area contributed by atoms with Gasteiger partial charge in [-0.1, -0.05) is 11.6 Å². The normalized spacial score (nSPS) is 19.4. The minimum atomic E-state index is -0.156. The first-order valence-electron chi connectivity index (χ1n) is 5.46. The quantitative estimate of drug-likeness (QED) is 0.828. The van der Waals surface area contributed by atoms with Gasteiger partial charge in [0.2, 0.25) is 0 Å². The monoisotopic (exact) mass is 255 g/mol. The number of carbonyl (C=O) groups is 1. The molecule has 1 saturated heterocycles. The van der Waals surface area contributed by atoms with Crippen molar-refractivity contribution in [2.45, 2.75) is 13.2 Å². The molecule has 1 aliphatic heterocycles. The molecule has 1 atom stereocenters. The molecule has 92 valence electrons. The number of benzene rings is 1. The Morgan fingerprint density at radius 3 is 2.82 bits per heavy atom. The molecule has 1 aromatic rings. The van der Waals surface area contributed by atoms with Gasteiger partial charge in [-0.2, -0.15) is 0 Å². The van der Waals surface area contributed by atoms with Crippen molar-refractivity contribution in [1.29, 1.82) is 0 Å². The van der Waals surface area contributed by atoms with Gasteiger partial charge in [0.05, 0.1) is 6.61 Å². The number of amides is 1. The number of hydrogen-bond donors (Lipinski definition) is 0. The van der Waals surface area contributed by atoms with Crippen molar-refractivity contribution in [2.24, 2.45) is 0 Å². The number of rotatable bonds is 3. The third kappa shape index (κ3) is 3.11. The van der Waals surface area contributed by atoms with Crippen molar-refractivity contribution in [1.82, 2.24) is 4.90 Å². The molecular weight excluding hydrogens is 242 g/mol. The summed E-state index contributed by atoms with van der Waals surface area (Å²) in [5.74, 6) is 0.570. The second-order valence-corrected chi connectivity index (χ2v) is 4.24. The lowest BCUT2D eigenvalue weighted by molar-refractivity contribution is -0.137. The van der Waals surface area contributed by atoms with E-state index >= 15 is 0 Å². The average molecular weight is 256 g/mol. The van der Waals surface area contributed by atoms with Gasteiger partial charge in [0.1, 0.15) is 12.0 Å². The molecular formula is C12H14ClNO3. The smallest absolute Gasteiger partial charge is 0.262 e. The van der Waals surface area contributed by atoms with Gasteiger partial charge in [0.25, 0.3) is 5.91 Å². The van der Waals surface area contributed by atoms with Gasteiger partial charge >= 0.3 is 0 Å². The molecule has 1 unspecified atom stereocenters. The Labute approximate surface area is 105 Å². The van der Waals surface area contributed by atoms with Crippen molar-refractivity contribution < 1.29 is 14.3 Å². The van der Waals surface area contributed by atoms with Crippen LogP contribution in [0, 0.1) is 0 Å². The Kier molecular flexibility index (Phi) is 3.86. The summed E-state index contributed by atoms with van der Waals surface area (Å²) in [7, 11) is 0. The zero-order chi connectivity index (χ0) is 12.3. The van der Waals surface area contributed by atoms with Crippen LogP contribution in [0.2, 0.25) is 5.02 Å². The van der Waals surface area contributed by atoms with Gasteiger partial charge < -0.3 is 14.4 Å². The molecule has 0 aromatic heterocycles. The Balaban J connectivity index is 1.85. The fourth-order valence-electron chi connectivity index (χ4n) is 1.68. The zero-order valence-electron chi connectivity index (χ0n) is 9.56. The second kappa shape index (κ2) is 5.38. The van der Waals surface area contributed by atoms with Crippen LogP contribution in [0.15, 0.2) is 24.3 Å². The van der Waals surface area contributed by atoms with Gasteiger partial charge in [-0.25, -0.2) is 0 Å². The van der Waals surface area contributed by atoms with E-state index in [4.69, 9.17) is 21.1 Å². The highest BCUT2D eigenvalue weighted by Crippen LogP contribution is 2.16. The largest absolute Gasteiger partial charge is 0.484 e. The first-order chi connectivity index (χ1) is 8.16. The molecule has 0 saturated carbocycles. The molecule has 1 amide bonds. The molecule has 0 bridgehead atoms. The Bertz CT molecular complexity index is 393. The van der Waals surface area contributed by atoms with Gasteiger partial charge in [-0.3, -0.25) is 4.79 Å². The number of halogens is 1. The lowest BCUT2D eigenvalue weighted by atomic mass is 10.3.